The third-order valence-electron chi connectivity index (χ3n) is 10.9. The smallest absolute Gasteiger partial charge is 0.137 e. The van der Waals surface area contributed by atoms with Crippen molar-refractivity contribution in [3.05, 3.63) is 200 Å². The molecule has 0 unspecified atom stereocenters. The highest BCUT2D eigenvalue weighted by Gasteiger charge is 2.18. The van der Waals surface area contributed by atoms with Crippen LogP contribution < -0.4 is 4.90 Å². The normalized spacial score (nSPS) is 11.6. The molecule has 11 aromatic rings. The van der Waals surface area contributed by atoms with Crippen LogP contribution in [0.5, 0.6) is 0 Å². The average molecular weight is 704 g/mol. The zero-order chi connectivity index (χ0) is 36.3. The lowest BCUT2D eigenvalue weighted by Crippen LogP contribution is -2.09. The first-order chi connectivity index (χ1) is 27.2. The predicted molar refractivity (Wildman–Crippen MR) is 229 cm³/mol. The Morgan fingerprint density at radius 1 is 0.255 bits per heavy atom. The van der Waals surface area contributed by atoms with Crippen molar-refractivity contribution in [2.45, 2.75) is 0 Å². The summed E-state index contributed by atoms with van der Waals surface area (Å²) in [4.78, 5) is 2.29. The van der Waals surface area contributed by atoms with Crippen molar-refractivity contribution in [3.63, 3.8) is 0 Å². The summed E-state index contributed by atoms with van der Waals surface area (Å²) in [5, 5.41) is 6.93. The Morgan fingerprint density at radius 2 is 0.745 bits per heavy atom. The van der Waals surface area contributed by atoms with Crippen LogP contribution in [0.2, 0.25) is 0 Å². The van der Waals surface area contributed by atoms with E-state index < -0.39 is 0 Å². The molecule has 0 N–H and O–H groups in total. The third-order valence-corrected chi connectivity index (χ3v) is 10.9. The molecule has 2 aromatic heterocycles. The molecular formula is C52H33NO2. The van der Waals surface area contributed by atoms with E-state index in [1.807, 2.05) is 24.3 Å². The fourth-order valence-corrected chi connectivity index (χ4v) is 8.06. The fraction of sp³-hybridized carbons (Fsp3) is 0. The maximum atomic E-state index is 6.35. The van der Waals surface area contributed by atoms with Crippen LogP contribution in [0.1, 0.15) is 0 Å². The van der Waals surface area contributed by atoms with E-state index >= 15 is 0 Å². The lowest BCUT2D eigenvalue weighted by Gasteiger charge is -2.25. The van der Waals surface area contributed by atoms with Gasteiger partial charge in [0, 0.05) is 44.7 Å². The van der Waals surface area contributed by atoms with Gasteiger partial charge >= 0.3 is 0 Å². The summed E-state index contributed by atoms with van der Waals surface area (Å²) >= 11 is 0. The summed E-state index contributed by atoms with van der Waals surface area (Å²) < 4.78 is 12.5. The first-order valence-electron chi connectivity index (χ1n) is 18.6. The molecule has 55 heavy (non-hydrogen) atoms. The van der Waals surface area contributed by atoms with Crippen LogP contribution in [0.25, 0.3) is 88.0 Å². The highest BCUT2D eigenvalue weighted by atomic mass is 16.3. The Labute approximate surface area is 317 Å². The molecule has 3 heteroatoms. The number of hydrogen-bond acceptors (Lipinski definition) is 3. The maximum absolute atomic E-state index is 6.35. The van der Waals surface area contributed by atoms with Crippen molar-refractivity contribution in [1.82, 2.24) is 0 Å². The first kappa shape index (κ1) is 31.2. The molecule has 2 heterocycles. The van der Waals surface area contributed by atoms with Gasteiger partial charge in [0.2, 0.25) is 0 Å². The van der Waals surface area contributed by atoms with Crippen molar-refractivity contribution in [2.24, 2.45) is 0 Å². The van der Waals surface area contributed by atoms with Crippen LogP contribution in [0, 0.1) is 0 Å². The van der Waals surface area contributed by atoms with E-state index in [0.717, 1.165) is 66.5 Å². The van der Waals surface area contributed by atoms with E-state index in [2.05, 4.69) is 181 Å². The van der Waals surface area contributed by atoms with Gasteiger partial charge in [-0.25, -0.2) is 0 Å². The van der Waals surface area contributed by atoms with Crippen LogP contribution in [-0.2, 0) is 0 Å². The van der Waals surface area contributed by atoms with Gasteiger partial charge < -0.3 is 13.7 Å². The quantitative estimate of drug-likeness (QED) is 0.173. The summed E-state index contributed by atoms with van der Waals surface area (Å²) in [6.07, 6.45) is 0. The summed E-state index contributed by atoms with van der Waals surface area (Å²) in [7, 11) is 0. The highest BCUT2D eigenvalue weighted by molar-refractivity contribution is 6.08. The Balaban J connectivity index is 0.942. The number of fused-ring (bicyclic) bond motifs is 7. The lowest BCUT2D eigenvalue weighted by atomic mass is 9.96. The topological polar surface area (TPSA) is 29.5 Å². The number of rotatable bonds is 6. The molecule has 3 nitrogen and oxygen atoms in total. The fourth-order valence-electron chi connectivity index (χ4n) is 8.06. The molecule has 0 aliphatic rings. The van der Waals surface area contributed by atoms with Gasteiger partial charge in [-0.15, -0.1) is 0 Å². The molecule has 0 aliphatic carbocycles. The highest BCUT2D eigenvalue weighted by Crippen LogP contribution is 2.41. The molecule has 0 fully saturated rings. The molecule has 0 atom stereocenters. The van der Waals surface area contributed by atoms with E-state index in [9.17, 15) is 0 Å². The second kappa shape index (κ2) is 12.6. The number of para-hydroxylation sites is 2. The molecule has 0 amide bonds. The van der Waals surface area contributed by atoms with Crippen LogP contribution in [0.15, 0.2) is 209 Å². The number of anilines is 3. The van der Waals surface area contributed by atoms with Gasteiger partial charge in [0.25, 0.3) is 0 Å². The third kappa shape index (κ3) is 5.45. The molecule has 11 rings (SSSR count). The summed E-state index contributed by atoms with van der Waals surface area (Å²) in [6, 6.07) is 71.1. The van der Waals surface area contributed by atoms with E-state index in [0.29, 0.717) is 0 Å². The Kier molecular flexibility index (Phi) is 7.17. The second-order valence-corrected chi connectivity index (χ2v) is 14.2. The monoisotopic (exact) mass is 703 g/mol. The molecule has 0 spiro atoms. The molecule has 0 radical (unpaired) electrons. The number of hydrogen-bond donors (Lipinski definition) is 0. The number of nitrogens with zero attached hydrogens (tertiary/aromatic N) is 1. The number of furan rings is 2. The largest absolute Gasteiger partial charge is 0.456 e. The van der Waals surface area contributed by atoms with Crippen LogP contribution in [0.4, 0.5) is 17.1 Å². The molecule has 9 aromatic carbocycles. The molecule has 0 bridgehead atoms. The minimum Gasteiger partial charge on any atom is -0.456 e. The standard InChI is InChI=1S/C52H33NO2/c1-2-9-38-31-41(21-20-34(38)8-1)40-11-7-10-39(30-40)37-18-16-35(17-19-37)36-22-24-42(25-23-36)53(43-27-29-51-48(32-43)46-13-4-6-15-50(46)54-51)44-26-28-47-45-12-3-5-14-49(45)55-52(47)33-44/h1-33H. The maximum Gasteiger partial charge on any atom is 0.137 e. The lowest BCUT2D eigenvalue weighted by molar-refractivity contribution is 0.668. The van der Waals surface area contributed by atoms with Gasteiger partial charge in [-0.2, -0.15) is 0 Å². The van der Waals surface area contributed by atoms with Gasteiger partial charge in [0.15, 0.2) is 0 Å². The van der Waals surface area contributed by atoms with Crippen molar-refractivity contribution < 1.29 is 8.83 Å². The molecule has 0 saturated heterocycles. The summed E-state index contributed by atoms with van der Waals surface area (Å²) in [5.41, 5.74) is 13.8. The Hall–Kier alpha value is -7.36. The zero-order valence-electron chi connectivity index (χ0n) is 29.8. The van der Waals surface area contributed by atoms with E-state index in [1.165, 1.54) is 38.6 Å². The summed E-state index contributed by atoms with van der Waals surface area (Å²) in [6.45, 7) is 0. The minimum atomic E-state index is 0.859. The SMILES string of the molecule is c1cc(-c2ccc(-c3ccc(N(c4ccc5c(c4)oc4ccccc45)c4ccc5oc6ccccc6c5c4)cc3)cc2)cc(-c2ccc3ccccc3c2)c1. The Bertz CT molecular complexity index is 3200. The van der Waals surface area contributed by atoms with Gasteiger partial charge in [0.05, 0.1) is 0 Å². The van der Waals surface area contributed by atoms with Gasteiger partial charge in [-0.05, 0) is 111 Å². The Morgan fingerprint density at radius 3 is 1.51 bits per heavy atom. The molecular weight excluding hydrogens is 671 g/mol. The first-order valence-corrected chi connectivity index (χ1v) is 18.6. The minimum absolute atomic E-state index is 0.859. The van der Waals surface area contributed by atoms with Crippen molar-refractivity contribution in [3.8, 4) is 33.4 Å². The van der Waals surface area contributed by atoms with Gasteiger partial charge in [-0.3, -0.25) is 0 Å². The second-order valence-electron chi connectivity index (χ2n) is 14.2. The molecule has 0 aliphatic heterocycles. The van der Waals surface area contributed by atoms with Crippen molar-refractivity contribution in [1.29, 1.82) is 0 Å². The van der Waals surface area contributed by atoms with Crippen molar-refractivity contribution in [2.75, 3.05) is 4.90 Å². The van der Waals surface area contributed by atoms with Crippen molar-refractivity contribution >= 4 is 71.7 Å². The van der Waals surface area contributed by atoms with Gasteiger partial charge in [0.1, 0.15) is 22.3 Å². The predicted octanol–water partition coefficient (Wildman–Crippen LogP) is 15.1. The van der Waals surface area contributed by atoms with E-state index in [4.69, 9.17) is 8.83 Å². The van der Waals surface area contributed by atoms with Gasteiger partial charge in [-0.1, -0.05) is 127 Å². The van der Waals surface area contributed by atoms with E-state index in [-0.39, 0.29) is 0 Å². The van der Waals surface area contributed by atoms with E-state index in [1.54, 1.807) is 0 Å². The summed E-state index contributed by atoms with van der Waals surface area (Å²) in [5.74, 6) is 0. The molecule has 258 valence electrons. The van der Waals surface area contributed by atoms with Crippen LogP contribution in [0.3, 0.4) is 0 Å². The van der Waals surface area contributed by atoms with Crippen LogP contribution >= 0.6 is 0 Å². The average Bonchev–Trinajstić information content (AvgIpc) is 3.82. The zero-order valence-corrected chi connectivity index (χ0v) is 29.8. The van der Waals surface area contributed by atoms with Crippen LogP contribution in [-0.4, -0.2) is 0 Å². The molecule has 0 saturated carbocycles. The number of benzene rings is 9.